The molecule has 0 aliphatic carbocycles. The first-order valence-electron chi connectivity index (χ1n) is 13.7. The second kappa shape index (κ2) is 15.2. The standard InChI is InChI=1S/C30H38ClN7O2S/c1-5-10-23(6-2)13-14-37(30(39)40-20-19-36-17-15-35(3)16-18-36)27-25-21-32-38(28(25)34-29(33-27)41-4)22-26(31)24-11-8-7-9-12-24/h5-12,21,26H,1-2,13-20,22H2,3-4H3/b23-10+. The molecule has 218 valence electrons. The van der Waals surface area contributed by atoms with Crippen molar-refractivity contribution in [2.24, 2.45) is 0 Å². The number of nitrogens with zero attached hydrogens (tertiary/aromatic N) is 7. The second-order valence-corrected chi connectivity index (χ2v) is 11.1. The first-order chi connectivity index (χ1) is 19.9. The molecular weight excluding hydrogens is 558 g/mol. The van der Waals surface area contributed by atoms with Crippen LogP contribution in [0.2, 0.25) is 0 Å². The van der Waals surface area contributed by atoms with Crippen LogP contribution in [0.5, 0.6) is 0 Å². The van der Waals surface area contributed by atoms with Crippen molar-refractivity contribution >= 4 is 46.3 Å². The minimum Gasteiger partial charge on any atom is -0.448 e. The first-order valence-corrected chi connectivity index (χ1v) is 15.3. The Hall–Kier alpha value is -3.18. The van der Waals surface area contributed by atoms with Crippen molar-refractivity contribution in [3.8, 4) is 0 Å². The van der Waals surface area contributed by atoms with E-state index in [1.807, 2.05) is 42.7 Å². The van der Waals surface area contributed by atoms with Crippen LogP contribution in [0.1, 0.15) is 17.4 Å². The third kappa shape index (κ3) is 8.19. The fourth-order valence-corrected chi connectivity index (χ4v) is 5.24. The van der Waals surface area contributed by atoms with E-state index in [2.05, 4.69) is 35.1 Å². The van der Waals surface area contributed by atoms with Gasteiger partial charge in [-0.1, -0.05) is 73.5 Å². The molecule has 0 spiro atoms. The summed E-state index contributed by atoms with van der Waals surface area (Å²) in [7, 11) is 2.12. The van der Waals surface area contributed by atoms with Crippen LogP contribution >= 0.6 is 23.4 Å². The fourth-order valence-electron chi connectivity index (χ4n) is 4.61. The van der Waals surface area contributed by atoms with E-state index in [1.165, 1.54) is 11.8 Å². The minimum absolute atomic E-state index is 0.295. The van der Waals surface area contributed by atoms with Crippen molar-refractivity contribution in [3.63, 3.8) is 0 Å². The van der Waals surface area contributed by atoms with Crippen LogP contribution in [-0.2, 0) is 11.3 Å². The SMILES string of the molecule is C=C/C=C(\C=C)CCN(C(=O)OCCN1CCN(C)CC1)c1nc(SC)nc2c1cnn2CC(Cl)c1ccccc1. The molecule has 0 N–H and O–H groups in total. The molecule has 4 rings (SSSR count). The fraction of sp³-hybridized carbons (Fsp3) is 0.400. The summed E-state index contributed by atoms with van der Waals surface area (Å²) in [6, 6.07) is 9.87. The lowest BCUT2D eigenvalue weighted by Crippen LogP contribution is -2.46. The number of aromatic nitrogens is 4. The van der Waals surface area contributed by atoms with E-state index >= 15 is 0 Å². The van der Waals surface area contributed by atoms with E-state index in [1.54, 1.807) is 27.9 Å². The Morgan fingerprint density at radius 3 is 2.63 bits per heavy atom. The highest BCUT2D eigenvalue weighted by Gasteiger charge is 2.25. The molecule has 9 nitrogen and oxygen atoms in total. The molecule has 0 radical (unpaired) electrons. The highest BCUT2D eigenvalue weighted by atomic mass is 35.5. The maximum absolute atomic E-state index is 13.6. The quantitative estimate of drug-likeness (QED) is 0.112. The van der Waals surface area contributed by atoms with Gasteiger partial charge in [-0.15, -0.1) is 11.6 Å². The Balaban J connectivity index is 1.61. The number of halogens is 1. The average Bonchev–Trinajstić information content (AvgIpc) is 3.40. The number of anilines is 1. The predicted molar refractivity (Wildman–Crippen MR) is 168 cm³/mol. The van der Waals surface area contributed by atoms with Gasteiger partial charge in [0, 0.05) is 39.3 Å². The summed E-state index contributed by atoms with van der Waals surface area (Å²) in [6.45, 7) is 13.4. The number of amides is 1. The number of allylic oxidation sites excluding steroid dienone is 3. The smallest absolute Gasteiger partial charge is 0.415 e. The molecular formula is C30H38ClN7O2S. The summed E-state index contributed by atoms with van der Waals surface area (Å²) in [4.78, 5) is 29.3. The third-order valence-corrected chi connectivity index (χ3v) is 7.99. The lowest BCUT2D eigenvalue weighted by molar-refractivity contribution is 0.107. The number of fused-ring (bicyclic) bond motifs is 1. The normalized spacial score (nSPS) is 15.5. The molecule has 0 bridgehead atoms. The second-order valence-electron chi connectivity index (χ2n) is 9.82. The Labute approximate surface area is 251 Å². The lowest BCUT2D eigenvalue weighted by Gasteiger charge is -2.32. The molecule has 41 heavy (non-hydrogen) atoms. The van der Waals surface area contributed by atoms with Gasteiger partial charge in [0.25, 0.3) is 0 Å². The summed E-state index contributed by atoms with van der Waals surface area (Å²) in [5, 5.41) is 5.48. The van der Waals surface area contributed by atoms with E-state index in [-0.39, 0.29) is 5.38 Å². The third-order valence-electron chi connectivity index (χ3n) is 7.06. The number of hydrogen-bond donors (Lipinski definition) is 0. The number of alkyl halides is 1. The monoisotopic (exact) mass is 595 g/mol. The number of carbonyl (C=O) groups is 1. The predicted octanol–water partition coefficient (Wildman–Crippen LogP) is 5.41. The van der Waals surface area contributed by atoms with Crippen molar-refractivity contribution in [2.75, 3.05) is 64.1 Å². The Morgan fingerprint density at radius 2 is 1.95 bits per heavy atom. The summed E-state index contributed by atoms with van der Waals surface area (Å²) in [5.74, 6) is 0.461. The zero-order valence-corrected chi connectivity index (χ0v) is 25.4. The lowest BCUT2D eigenvalue weighted by atomic mass is 10.1. The van der Waals surface area contributed by atoms with Gasteiger partial charge in [-0.2, -0.15) is 5.10 Å². The van der Waals surface area contributed by atoms with E-state index < -0.39 is 6.09 Å². The summed E-state index contributed by atoms with van der Waals surface area (Å²) in [6.07, 6.45) is 9.06. The Morgan fingerprint density at radius 1 is 1.20 bits per heavy atom. The van der Waals surface area contributed by atoms with Crippen LogP contribution in [0.25, 0.3) is 11.0 Å². The topological polar surface area (TPSA) is 79.6 Å². The maximum Gasteiger partial charge on any atom is 0.415 e. The van der Waals surface area contributed by atoms with Crippen molar-refractivity contribution in [1.82, 2.24) is 29.5 Å². The highest BCUT2D eigenvalue weighted by molar-refractivity contribution is 7.98. The zero-order valence-electron chi connectivity index (χ0n) is 23.8. The molecule has 1 saturated heterocycles. The van der Waals surface area contributed by atoms with Crippen LogP contribution < -0.4 is 4.90 Å². The molecule has 0 saturated carbocycles. The molecule has 1 aliphatic heterocycles. The average molecular weight is 596 g/mol. The first kappa shape index (κ1) is 30.8. The molecule has 11 heteroatoms. The van der Waals surface area contributed by atoms with Gasteiger partial charge in [-0.25, -0.2) is 19.4 Å². The molecule has 1 fully saturated rings. The van der Waals surface area contributed by atoms with Crippen molar-refractivity contribution in [1.29, 1.82) is 0 Å². The van der Waals surface area contributed by atoms with Gasteiger partial charge >= 0.3 is 6.09 Å². The van der Waals surface area contributed by atoms with Crippen LogP contribution in [-0.4, -0.2) is 94.8 Å². The van der Waals surface area contributed by atoms with Crippen LogP contribution in [0.15, 0.2) is 78.6 Å². The summed E-state index contributed by atoms with van der Waals surface area (Å²) >= 11 is 8.16. The van der Waals surface area contributed by atoms with E-state index in [9.17, 15) is 4.79 Å². The minimum atomic E-state index is -0.458. The highest BCUT2D eigenvalue weighted by Crippen LogP contribution is 2.30. The van der Waals surface area contributed by atoms with Crippen molar-refractivity contribution < 1.29 is 9.53 Å². The molecule has 3 aromatic rings. The summed E-state index contributed by atoms with van der Waals surface area (Å²) in [5.41, 5.74) is 2.56. The van der Waals surface area contributed by atoms with Gasteiger partial charge in [0.05, 0.1) is 23.5 Å². The maximum atomic E-state index is 13.6. The molecule has 1 unspecified atom stereocenters. The number of rotatable bonds is 13. The Bertz CT molecular complexity index is 1360. The zero-order chi connectivity index (χ0) is 29.2. The molecule has 1 amide bonds. The van der Waals surface area contributed by atoms with Gasteiger partial charge in [-0.3, -0.25) is 9.80 Å². The largest absolute Gasteiger partial charge is 0.448 e. The molecule has 2 aromatic heterocycles. The molecule has 1 aromatic carbocycles. The number of carbonyl (C=O) groups excluding carboxylic acids is 1. The van der Waals surface area contributed by atoms with Crippen LogP contribution in [0, 0.1) is 0 Å². The van der Waals surface area contributed by atoms with Gasteiger partial charge in [0.1, 0.15) is 6.61 Å². The molecule has 1 atom stereocenters. The molecule has 3 heterocycles. The van der Waals surface area contributed by atoms with Crippen LogP contribution in [0.3, 0.4) is 0 Å². The number of thioether (sulfide) groups is 1. The van der Waals surface area contributed by atoms with E-state index in [0.29, 0.717) is 54.7 Å². The number of ether oxygens (including phenoxy) is 1. The Kier molecular flexibility index (Phi) is 11.4. The number of benzene rings is 1. The molecule has 1 aliphatic rings. The number of hydrogen-bond acceptors (Lipinski definition) is 8. The van der Waals surface area contributed by atoms with E-state index in [4.69, 9.17) is 26.3 Å². The van der Waals surface area contributed by atoms with Crippen LogP contribution in [0.4, 0.5) is 10.6 Å². The van der Waals surface area contributed by atoms with Crippen molar-refractivity contribution in [3.05, 3.63) is 79.1 Å². The summed E-state index contributed by atoms with van der Waals surface area (Å²) < 4.78 is 7.59. The number of likely N-dealkylation sites (N-methyl/N-ethyl adjacent to an activating group) is 1. The number of piperazine rings is 1. The van der Waals surface area contributed by atoms with E-state index in [0.717, 1.165) is 37.3 Å². The van der Waals surface area contributed by atoms with Gasteiger partial charge < -0.3 is 9.64 Å². The van der Waals surface area contributed by atoms with Gasteiger partial charge in [0.2, 0.25) is 0 Å². The van der Waals surface area contributed by atoms with Crippen molar-refractivity contribution in [2.45, 2.75) is 23.5 Å². The van der Waals surface area contributed by atoms with Gasteiger partial charge in [-0.05, 0) is 30.9 Å². The van der Waals surface area contributed by atoms with Gasteiger partial charge in [0.15, 0.2) is 16.6 Å².